The van der Waals surface area contributed by atoms with Gasteiger partial charge >= 0.3 is 0 Å². The quantitative estimate of drug-likeness (QED) is 0.457. The van der Waals surface area contributed by atoms with Gasteiger partial charge in [0.2, 0.25) is 17.4 Å². The number of aldehydes is 1. The first-order chi connectivity index (χ1) is 10.5. The Balaban J connectivity index is 2.60. The van der Waals surface area contributed by atoms with Gasteiger partial charge < -0.3 is 4.74 Å². The highest BCUT2D eigenvalue weighted by atomic mass is 19.2. The van der Waals surface area contributed by atoms with Crippen molar-refractivity contribution in [2.45, 2.75) is 6.92 Å². The number of carbonyl (C=O) groups is 1. The molecule has 0 atom stereocenters. The number of benzene rings is 2. The van der Waals surface area contributed by atoms with Gasteiger partial charge in [-0.1, -0.05) is 24.3 Å². The molecule has 2 aromatic carbocycles. The Labute approximate surface area is 123 Å². The van der Waals surface area contributed by atoms with E-state index in [0.717, 1.165) is 6.08 Å². The lowest BCUT2D eigenvalue weighted by Gasteiger charge is -2.12. The van der Waals surface area contributed by atoms with Gasteiger partial charge in [0.25, 0.3) is 0 Å². The van der Waals surface area contributed by atoms with Gasteiger partial charge in [-0.05, 0) is 19.1 Å². The van der Waals surface area contributed by atoms with Crippen LogP contribution in [0, 0.1) is 23.3 Å². The Morgan fingerprint density at radius 1 is 0.955 bits per heavy atom. The molecule has 0 saturated heterocycles. The van der Waals surface area contributed by atoms with Crippen molar-refractivity contribution in [1.82, 2.24) is 0 Å². The predicted octanol–water partition coefficient (Wildman–Crippen LogP) is 4.88. The van der Waals surface area contributed by atoms with Crippen LogP contribution in [0.4, 0.5) is 17.6 Å². The average molecular weight is 310 g/mol. The molecule has 0 fully saturated rings. The molecule has 0 N–H and O–H groups in total. The van der Waals surface area contributed by atoms with Crippen LogP contribution in [0.1, 0.15) is 22.8 Å². The minimum atomic E-state index is -1.67. The maximum atomic E-state index is 13.9. The zero-order valence-corrected chi connectivity index (χ0v) is 11.4. The summed E-state index contributed by atoms with van der Waals surface area (Å²) in [4.78, 5) is 10.8. The van der Waals surface area contributed by atoms with Crippen LogP contribution >= 0.6 is 0 Å². The zero-order chi connectivity index (χ0) is 16.3. The highest BCUT2D eigenvalue weighted by Gasteiger charge is 2.26. The van der Waals surface area contributed by atoms with Crippen molar-refractivity contribution in [1.29, 1.82) is 0 Å². The van der Waals surface area contributed by atoms with Crippen molar-refractivity contribution >= 4 is 12.4 Å². The molecular formula is C16H10F4O2. The standard InChI is InChI=1S/C16H10F4O2/c1-2-5-10-12(17)14(19)16(15(20)13(10)18)22-11-7-4-3-6-9(11)8-21/h2-8H,1H3. The van der Waals surface area contributed by atoms with Crippen LogP contribution in [0.2, 0.25) is 0 Å². The molecule has 22 heavy (non-hydrogen) atoms. The number of ether oxygens (including phenoxy) is 1. The number of hydrogen-bond donors (Lipinski definition) is 0. The highest BCUT2D eigenvalue weighted by Crippen LogP contribution is 2.34. The van der Waals surface area contributed by atoms with E-state index in [1.807, 2.05) is 0 Å². The number of hydrogen-bond acceptors (Lipinski definition) is 2. The molecule has 0 heterocycles. The maximum Gasteiger partial charge on any atom is 0.205 e. The van der Waals surface area contributed by atoms with Crippen molar-refractivity contribution in [3.63, 3.8) is 0 Å². The summed E-state index contributed by atoms with van der Waals surface area (Å²) in [5.74, 6) is -7.95. The third-order valence-corrected chi connectivity index (χ3v) is 2.85. The molecule has 2 aromatic rings. The molecule has 0 aliphatic carbocycles. The summed E-state index contributed by atoms with van der Waals surface area (Å²) in [7, 11) is 0. The van der Waals surface area contributed by atoms with Gasteiger partial charge in [-0.3, -0.25) is 4.79 Å². The summed E-state index contributed by atoms with van der Waals surface area (Å²) in [5, 5.41) is 0. The zero-order valence-electron chi connectivity index (χ0n) is 11.4. The van der Waals surface area contributed by atoms with Gasteiger partial charge in [-0.2, -0.15) is 8.78 Å². The number of para-hydroxylation sites is 1. The Morgan fingerprint density at radius 3 is 2.09 bits per heavy atom. The molecule has 0 aliphatic heterocycles. The predicted molar refractivity (Wildman–Crippen MR) is 72.9 cm³/mol. The van der Waals surface area contributed by atoms with E-state index >= 15 is 0 Å². The van der Waals surface area contributed by atoms with Crippen molar-refractivity contribution in [3.8, 4) is 11.5 Å². The highest BCUT2D eigenvalue weighted by molar-refractivity contribution is 5.79. The Kier molecular flexibility index (Phi) is 4.60. The number of halogens is 4. The summed E-state index contributed by atoms with van der Waals surface area (Å²) in [6.07, 6.45) is 2.54. The molecule has 0 aliphatic rings. The first-order valence-electron chi connectivity index (χ1n) is 6.22. The van der Waals surface area contributed by atoms with Crippen LogP contribution in [-0.4, -0.2) is 6.29 Å². The summed E-state index contributed by atoms with van der Waals surface area (Å²) in [6.45, 7) is 1.44. The summed E-state index contributed by atoms with van der Waals surface area (Å²) < 4.78 is 60.3. The van der Waals surface area contributed by atoms with Gasteiger partial charge in [0, 0.05) is 0 Å². The van der Waals surface area contributed by atoms with Gasteiger partial charge in [0.05, 0.1) is 11.1 Å². The van der Waals surface area contributed by atoms with Crippen molar-refractivity contribution in [2.75, 3.05) is 0 Å². The maximum absolute atomic E-state index is 13.9. The van der Waals surface area contributed by atoms with Crippen molar-refractivity contribution in [3.05, 3.63) is 64.7 Å². The molecule has 0 radical (unpaired) electrons. The second kappa shape index (κ2) is 6.43. The van der Waals surface area contributed by atoms with Crippen molar-refractivity contribution in [2.24, 2.45) is 0 Å². The molecule has 0 bridgehead atoms. The monoisotopic (exact) mass is 310 g/mol. The molecule has 0 amide bonds. The van der Waals surface area contributed by atoms with Crippen LogP contribution in [0.25, 0.3) is 6.08 Å². The van der Waals surface area contributed by atoms with E-state index in [0.29, 0.717) is 6.29 Å². The third kappa shape index (κ3) is 2.72. The SMILES string of the molecule is CC=Cc1c(F)c(F)c(Oc2ccccc2C=O)c(F)c1F. The fourth-order valence-corrected chi connectivity index (χ4v) is 1.81. The number of carbonyl (C=O) groups excluding carboxylic acids is 1. The fraction of sp³-hybridized carbons (Fsp3) is 0.0625. The summed E-state index contributed by atoms with van der Waals surface area (Å²) in [5.41, 5.74) is -0.854. The summed E-state index contributed by atoms with van der Waals surface area (Å²) in [6, 6.07) is 5.52. The Bertz CT molecular complexity index is 725. The van der Waals surface area contributed by atoms with Crippen LogP contribution in [0.3, 0.4) is 0 Å². The van der Waals surface area contributed by atoms with E-state index in [-0.39, 0.29) is 11.3 Å². The lowest BCUT2D eigenvalue weighted by molar-refractivity contribution is 0.112. The summed E-state index contributed by atoms with van der Waals surface area (Å²) >= 11 is 0. The van der Waals surface area contributed by atoms with Gasteiger partial charge in [-0.25, -0.2) is 8.78 Å². The van der Waals surface area contributed by atoms with E-state index in [1.54, 1.807) is 0 Å². The van der Waals surface area contributed by atoms with Crippen LogP contribution in [-0.2, 0) is 0 Å². The fourth-order valence-electron chi connectivity index (χ4n) is 1.81. The largest absolute Gasteiger partial charge is 0.450 e. The molecule has 2 nitrogen and oxygen atoms in total. The normalized spacial score (nSPS) is 11.0. The van der Waals surface area contributed by atoms with E-state index in [2.05, 4.69) is 0 Å². The molecule has 6 heteroatoms. The molecule has 0 aromatic heterocycles. The number of allylic oxidation sites excluding steroid dienone is 1. The average Bonchev–Trinajstić information content (AvgIpc) is 2.54. The van der Waals surface area contributed by atoms with E-state index in [1.165, 1.54) is 37.3 Å². The minimum Gasteiger partial charge on any atom is -0.450 e. The van der Waals surface area contributed by atoms with Gasteiger partial charge in [-0.15, -0.1) is 0 Å². The number of rotatable bonds is 4. The molecule has 0 spiro atoms. The minimum absolute atomic E-state index is 0.0142. The molecule has 2 rings (SSSR count). The smallest absolute Gasteiger partial charge is 0.205 e. The third-order valence-electron chi connectivity index (χ3n) is 2.85. The molecule has 0 saturated carbocycles. The first-order valence-corrected chi connectivity index (χ1v) is 6.22. The van der Waals surface area contributed by atoms with E-state index < -0.39 is 34.6 Å². The van der Waals surface area contributed by atoms with Crippen LogP contribution in [0.5, 0.6) is 11.5 Å². The van der Waals surface area contributed by atoms with Crippen LogP contribution in [0.15, 0.2) is 30.3 Å². The van der Waals surface area contributed by atoms with E-state index in [9.17, 15) is 22.4 Å². The topological polar surface area (TPSA) is 26.3 Å². The van der Waals surface area contributed by atoms with Crippen LogP contribution < -0.4 is 4.74 Å². The first kappa shape index (κ1) is 15.8. The van der Waals surface area contributed by atoms with Crippen molar-refractivity contribution < 1.29 is 27.1 Å². The lowest BCUT2D eigenvalue weighted by atomic mass is 10.1. The second-order valence-corrected chi connectivity index (χ2v) is 4.26. The lowest BCUT2D eigenvalue weighted by Crippen LogP contribution is -2.04. The Morgan fingerprint density at radius 2 is 1.55 bits per heavy atom. The Hall–Kier alpha value is -2.63. The molecule has 114 valence electrons. The van der Waals surface area contributed by atoms with E-state index in [4.69, 9.17) is 4.74 Å². The van der Waals surface area contributed by atoms with Gasteiger partial charge in [0.15, 0.2) is 17.9 Å². The molecule has 0 unspecified atom stereocenters. The second-order valence-electron chi connectivity index (χ2n) is 4.26. The van der Waals surface area contributed by atoms with Gasteiger partial charge in [0.1, 0.15) is 5.75 Å². The molecular weight excluding hydrogens is 300 g/mol.